The molecule has 2 aromatic carbocycles. The lowest BCUT2D eigenvalue weighted by atomic mass is 10.0. The van der Waals surface area contributed by atoms with Crippen molar-refractivity contribution in [1.29, 1.82) is 0 Å². The summed E-state index contributed by atoms with van der Waals surface area (Å²) in [6, 6.07) is 12.0. The number of esters is 1. The molecule has 0 aliphatic heterocycles. The number of hydrogen-bond donors (Lipinski definition) is 3. The molecule has 0 amide bonds. The Morgan fingerprint density at radius 2 is 2.11 bits per heavy atom. The quantitative estimate of drug-likeness (QED) is 0.189. The van der Waals surface area contributed by atoms with Crippen molar-refractivity contribution < 1.29 is 13.9 Å². The maximum absolute atomic E-state index is 13.5. The van der Waals surface area contributed by atoms with Crippen molar-refractivity contribution in [3.05, 3.63) is 89.1 Å². The minimum absolute atomic E-state index is 0.00256. The third-order valence-electron chi connectivity index (χ3n) is 5.12. The summed E-state index contributed by atoms with van der Waals surface area (Å²) in [5, 5.41) is 13.2. The maximum Gasteiger partial charge on any atom is 0.330 e. The number of H-pyrrole nitrogens is 1. The van der Waals surface area contributed by atoms with Gasteiger partial charge in [0.05, 0.1) is 17.8 Å². The molecule has 3 N–H and O–H groups in total. The molecule has 2 heterocycles. The molecule has 4 rings (SSSR count). The van der Waals surface area contributed by atoms with E-state index >= 15 is 0 Å². The van der Waals surface area contributed by atoms with E-state index in [0.29, 0.717) is 30.6 Å². The van der Waals surface area contributed by atoms with Gasteiger partial charge in [0, 0.05) is 36.3 Å². The summed E-state index contributed by atoms with van der Waals surface area (Å²) >= 11 is 5.90. The molecule has 2 aromatic heterocycles. The van der Waals surface area contributed by atoms with E-state index in [1.54, 1.807) is 31.5 Å². The minimum atomic E-state index is -0.503. The Balaban J connectivity index is 1.61. The van der Waals surface area contributed by atoms with Crippen molar-refractivity contribution in [3.63, 3.8) is 0 Å². The smallest absolute Gasteiger partial charge is 0.330 e. The molecule has 184 valence electrons. The number of halogens is 2. The Morgan fingerprint density at radius 1 is 1.22 bits per heavy atom. The van der Waals surface area contributed by atoms with Crippen LogP contribution in [0, 0.1) is 5.82 Å². The topological polar surface area (TPSA) is 105 Å². The average molecular weight is 507 g/mol. The lowest BCUT2D eigenvalue weighted by Gasteiger charge is -2.14. The standard InChI is InChI=1S/C26H24ClFN6O2/c1-2-36-24(35)9-6-17-4-3-5-19(12-17)21-16-30-26(33-20-7-8-23(28)22(27)13-20)34-25(21)29-11-10-18-14-31-32-15-18/h3-9,12-16H,2,10-11H2,1H3,(H,31,32)(H2,29,30,33,34)/b9-6-. The van der Waals surface area contributed by atoms with Gasteiger partial charge in [-0.05, 0) is 60.4 Å². The fourth-order valence-corrected chi connectivity index (χ4v) is 3.58. The Labute approximate surface area is 212 Å². The van der Waals surface area contributed by atoms with Gasteiger partial charge in [-0.15, -0.1) is 0 Å². The molecule has 0 fully saturated rings. The van der Waals surface area contributed by atoms with Gasteiger partial charge in [0.1, 0.15) is 11.6 Å². The number of aromatic amines is 1. The molecule has 0 unspecified atom stereocenters. The van der Waals surface area contributed by atoms with Gasteiger partial charge in [0.25, 0.3) is 0 Å². The lowest BCUT2D eigenvalue weighted by Crippen LogP contribution is -2.09. The Morgan fingerprint density at radius 3 is 2.89 bits per heavy atom. The third-order valence-corrected chi connectivity index (χ3v) is 5.41. The van der Waals surface area contributed by atoms with Crippen LogP contribution < -0.4 is 10.6 Å². The fraction of sp³-hybridized carbons (Fsp3) is 0.154. The van der Waals surface area contributed by atoms with Crippen LogP contribution >= 0.6 is 11.6 Å². The molecule has 8 nitrogen and oxygen atoms in total. The van der Waals surface area contributed by atoms with Crippen LogP contribution in [0.1, 0.15) is 18.1 Å². The van der Waals surface area contributed by atoms with Gasteiger partial charge in [-0.25, -0.2) is 14.2 Å². The predicted octanol–water partition coefficient (Wildman–Crippen LogP) is 5.63. The van der Waals surface area contributed by atoms with Crippen molar-refractivity contribution in [2.24, 2.45) is 0 Å². The highest BCUT2D eigenvalue weighted by molar-refractivity contribution is 6.31. The predicted molar refractivity (Wildman–Crippen MR) is 139 cm³/mol. The molecular formula is C26H24ClFN6O2. The fourth-order valence-electron chi connectivity index (χ4n) is 3.40. The van der Waals surface area contributed by atoms with Crippen LogP contribution in [0.3, 0.4) is 0 Å². The number of anilines is 3. The van der Waals surface area contributed by atoms with Crippen LogP contribution in [0.4, 0.5) is 21.8 Å². The van der Waals surface area contributed by atoms with Gasteiger partial charge in [0.15, 0.2) is 0 Å². The van der Waals surface area contributed by atoms with Crippen molar-refractivity contribution in [2.45, 2.75) is 13.3 Å². The number of nitrogens with one attached hydrogen (secondary N) is 3. The number of carbonyl (C=O) groups excluding carboxylic acids is 1. The van der Waals surface area contributed by atoms with E-state index in [2.05, 4.69) is 30.8 Å². The van der Waals surface area contributed by atoms with Crippen LogP contribution in [-0.2, 0) is 16.0 Å². The largest absolute Gasteiger partial charge is 0.463 e. The molecule has 0 saturated heterocycles. The number of hydrogen-bond acceptors (Lipinski definition) is 7. The molecule has 0 saturated carbocycles. The summed E-state index contributed by atoms with van der Waals surface area (Å²) in [5.41, 5.74) is 4.08. The summed E-state index contributed by atoms with van der Waals surface area (Å²) < 4.78 is 18.5. The highest BCUT2D eigenvalue weighted by Gasteiger charge is 2.11. The highest BCUT2D eigenvalue weighted by atomic mass is 35.5. The van der Waals surface area contributed by atoms with Crippen molar-refractivity contribution in [3.8, 4) is 11.1 Å². The summed E-state index contributed by atoms with van der Waals surface area (Å²) in [4.78, 5) is 20.8. The first kappa shape index (κ1) is 24.9. The van der Waals surface area contributed by atoms with Gasteiger partial charge in [0.2, 0.25) is 5.95 Å². The van der Waals surface area contributed by atoms with E-state index < -0.39 is 11.8 Å². The molecule has 36 heavy (non-hydrogen) atoms. The SMILES string of the molecule is CCOC(=O)/C=C\c1cccc(-c2cnc(Nc3ccc(F)c(Cl)c3)nc2NCCc2cn[nH]c2)c1. The van der Waals surface area contributed by atoms with E-state index in [0.717, 1.165) is 28.7 Å². The second-order valence-corrected chi connectivity index (χ2v) is 8.11. The Kier molecular flexibility index (Phi) is 8.25. The number of aromatic nitrogens is 4. The summed E-state index contributed by atoms with van der Waals surface area (Å²) in [6.07, 6.45) is 9.14. The van der Waals surface area contributed by atoms with Crippen LogP contribution in [0.5, 0.6) is 0 Å². The number of carbonyl (C=O) groups is 1. The Bertz CT molecular complexity index is 1360. The van der Waals surface area contributed by atoms with Crippen molar-refractivity contribution in [1.82, 2.24) is 20.2 Å². The molecule has 0 atom stereocenters. The second kappa shape index (κ2) is 11.9. The molecule has 0 radical (unpaired) electrons. The minimum Gasteiger partial charge on any atom is -0.463 e. The first-order chi connectivity index (χ1) is 17.5. The van der Waals surface area contributed by atoms with Gasteiger partial charge in [-0.1, -0.05) is 29.8 Å². The average Bonchev–Trinajstić information content (AvgIpc) is 3.39. The normalized spacial score (nSPS) is 11.0. The van der Waals surface area contributed by atoms with E-state index in [1.165, 1.54) is 18.2 Å². The molecule has 4 aromatic rings. The lowest BCUT2D eigenvalue weighted by molar-refractivity contribution is -0.137. The van der Waals surface area contributed by atoms with Gasteiger partial charge < -0.3 is 15.4 Å². The number of ether oxygens (including phenoxy) is 1. The van der Waals surface area contributed by atoms with E-state index in [4.69, 9.17) is 16.3 Å². The molecule has 10 heteroatoms. The molecule has 0 aliphatic rings. The first-order valence-electron chi connectivity index (χ1n) is 11.3. The van der Waals surface area contributed by atoms with Crippen molar-refractivity contribution in [2.75, 3.05) is 23.8 Å². The van der Waals surface area contributed by atoms with E-state index in [1.807, 2.05) is 30.5 Å². The van der Waals surface area contributed by atoms with Crippen LogP contribution in [0.2, 0.25) is 5.02 Å². The van der Waals surface area contributed by atoms with Gasteiger partial charge in [-0.2, -0.15) is 10.1 Å². The highest BCUT2D eigenvalue weighted by Crippen LogP contribution is 2.29. The summed E-state index contributed by atoms with van der Waals surface area (Å²) in [5.74, 6) is 0.0301. The zero-order valence-electron chi connectivity index (χ0n) is 19.5. The monoisotopic (exact) mass is 506 g/mol. The van der Waals surface area contributed by atoms with E-state index in [-0.39, 0.29) is 5.02 Å². The molecule has 0 spiro atoms. The molecule has 0 aliphatic carbocycles. The molecule has 0 bridgehead atoms. The first-order valence-corrected chi connectivity index (χ1v) is 11.7. The Hall–Kier alpha value is -4.24. The number of benzene rings is 2. The van der Waals surface area contributed by atoms with Gasteiger partial charge in [-0.3, -0.25) is 5.10 Å². The van der Waals surface area contributed by atoms with E-state index in [9.17, 15) is 9.18 Å². The van der Waals surface area contributed by atoms with Crippen molar-refractivity contribution >= 4 is 41.1 Å². The number of nitrogens with zero attached hydrogens (tertiary/aromatic N) is 3. The summed E-state index contributed by atoms with van der Waals surface area (Å²) in [6.45, 7) is 2.68. The van der Waals surface area contributed by atoms with Crippen LogP contribution in [0.15, 0.2) is 67.1 Å². The van der Waals surface area contributed by atoms with Crippen LogP contribution in [-0.4, -0.2) is 39.3 Å². The zero-order valence-corrected chi connectivity index (χ0v) is 20.2. The van der Waals surface area contributed by atoms with Crippen LogP contribution in [0.25, 0.3) is 17.2 Å². The third kappa shape index (κ3) is 6.67. The molecular weight excluding hydrogens is 483 g/mol. The second-order valence-electron chi connectivity index (χ2n) is 7.70. The number of rotatable bonds is 10. The summed E-state index contributed by atoms with van der Waals surface area (Å²) in [7, 11) is 0. The zero-order chi connectivity index (χ0) is 25.3. The maximum atomic E-state index is 13.5. The van der Waals surface area contributed by atoms with Gasteiger partial charge >= 0.3 is 5.97 Å².